The first-order chi connectivity index (χ1) is 12.9. The minimum atomic E-state index is -0.968. The Morgan fingerprint density at radius 3 is 2.41 bits per heavy atom. The molecule has 2 aromatic heterocycles. The van der Waals surface area contributed by atoms with Crippen LogP contribution < -0.4 is 5.56 Å². The van der Waals surface area contributed by atoms with Gasteiger partial charge in [0.1, 0.15) is 4.83 Å². The maximum absolute atomic E-state index is 12.3. The maximum atomic E-state index is 12.3. The number of fused-ring (bicyclic) bond motifs is 1. The van der Waals surface area contributed by atoms with Gasteiger partial charge in [-0.15, -0.1) is 11.3 Å². The molecule has 0 radical (unpaired) electrons. The highest BCUT2D eigenvalue weighted by Gasteiger charge is 2.17. The standard InChI is InChI=1S/C17H14N2O4S2.C2H6/c1-8-12-14(21)18-17(19-15(12)25-13(8)9(2)20)24-7-10-3-5-11(6-4-10)16(22)23;1-2/h3-6H,7H2,1-2H3,(H,22,23)(H,18,19,21);1-2H3. The topological polar surface area (TPSA) is 100 Å². The molecule has 0 unspecified atom stereocenters. The van der Waals surface area contributed by atoms with E-state index in [2.05, 4.69) is 9.97 Å². The Bertz CT molecular complexity index is 1040. The summed E-state index contributed by atoms with van der Waals surface area (Å²) in [5, 5.41) is 9.83. The molecule has 0 fully saturated rings. The number of carbonyl (C=O) groups excluding carboxylic acids is 1. The second-order valence-corrected chi connectivity index (χ2v) is 7.42. The Hall–Kier alpha value is -2.45. The third-order valence-corrected chi connectivity index (χ3v) is 5.91. The number of nitrogens with zero attached hydrogens (tertiary/aromatic N) is 1. The third kappa shape index (κ3) is 4.64. The maximum Gasteiger partial charge on any atom is 0.335 e. The molecule has 3 aromatic rings. The largest absolute Gasteiger partial charge is 0.478 e. The van der Waals surface area contributed by atoms with Crippen molar-refractivity contribution in [2.24, 2.45) is 0 Å². The molecule has 0 spiro atoms. The lowest BCUT2D eigenvalue weighted by molar-refractivity contribution is 0.0696. The number of carboxylic acid groups (broad SMARTS) is 1. The van der Waals surface area contributed by atoms with Crippen molar-refractivity contribution < 1.29 is 14.7 Å². The second-order valence-electron chi connectivity index (χ2n) is 5.45. The zero-order valence-corrected chi connectivity index (χ0v) is 17.1. The highest BCUT2D eigenvalue weighted by atomic mass is 32.2. The summed E-state index contributed by atoms with van der Waals surface area (Å²) in [6, 6.07) is 6.55. The number of carbonyl (C=O) groups is 2. The summed E-state index contributed by atoms with van der Waals surface area (Å²) in [7, 11) is 0. The predicted molar refractivity (Wildman–Crippen MR) is 109 cm³/mol. The second kappa shape index (κ2) is 8.96. The van der Waals surface area contributed by atoms with Crippen molar-refractivity contribution >= 4 is 45.1 Å². The van der Waals surface area contributed by atoms with E-state index in [9.17, 15) is 14.4 Å². The Kier molecular flexibility index (Phi) is 6.92. The van der Waals surface area contributed by atoms with Crippen molar-refractivity contribution in [2.45, 2.75) is 38.6 Å². The SMILES string of the molecule is CC.CC(=O)c1sc2nc(SCc3ccc(C(=O)O)cc3)[nH]c(=O)c2c1C. The van der Waals surface area contributed by atoms with Gasteiger partial charge in [-0.25, -0.2) is 9.78 Å². The molecule has 6 nitrogen and oxygen atoms in total. The third-order valence-electron chi connectivity index (χ3n) is 3.68. The van der Waals surface area contributed by atoms with Crippen LogP contribution in [0.1, 0.15) is 51.9 Å². The van der Waals surface area contributed by atoms with E-state index in [0.29, 0.717) is 31.6 Å². The van der Waals surface area contributed by atoms with Gasteiger partial charge in [0, 0.05) is 5.75 Å². The van der Waals surface area contributed by atoms with Gasteiger partial charge in [-0.05, 0) is 37.1 Å². The number of rotatable bonds is 5. The van der Waals surface area contributed by atoms with E-state index in [1.165, 1.54) is 30.0 Å². The van der Waals surface area contributed by atoms with Crippen molar-refractivity contribution in [3.63, 3.8) is 0 Å². The molecule has 142 valence electrons. The molecule has 2 heterocycles. The number of nitrogens with one attached hydrogen (secondary N) is 1. The van der Waals surface area contributed by atoms with Crippen LogP contribution in [-0.4, -0.2) is 26.8 Å². The molecule has 0 atom stereocenters. The minimum absolute atomic E-state index is 0.0763. The van der Waals surface area contributed by atoms with E-state index < -0.39 is 5.97 Å². The summed E-state index contributed by atoms with van der Waals surface area (Å²) in [5.41, 5.74) is 1.56. The number of ketones is 1. The van der Waals surface area contributed by atoms with Crippen molar-refractivity contribution in [1.29, 1.82) is 0 Å². The number of Topliss-reactive ketones (excluding diaryl/α,β-unsaturated/α-hetero) is 1. The van der Waals surface area contributed by atoms with Gasteiger partial charge in [0.05, 0.1) is 15.8 Å². The Balaban J connectivity index is 0.00000126. The van der Waals surface area contributed by atoms with Crippen LogP contribution in [0.3, 0.4) is 0 Å². The summed E-state index contributed by atoms with van der Waals surface area (Å²) >= 11 is 2.58. The first-order valence-electron chi connectivity index (χ1n) is 8.36. The number of aromatic nitrogens is 2. The van der Waals surface area contributed by atoms with E-state index in [1.54, 1.807) is 31.2 Å². The summed E-state index contributed by atoms with van der Waals surface area (Å²) < 4.78 is 0. The van der Waals surface area contributed by atoms with E-state index in [4.69, 9.17) is 5.11 Å². The van der Waals surface area contributed by atoms with Gasteiger partial charge in [0.2, 0.25) is 0 Å². The van der Waals surface area contributed by atoms with Crippen LogP contribution in [0.2, 0.25) is 0 Å². The van der Waals surface area contributed by atoms with Gasteiger partial charge >= 0.3 is 5.97 Å². The van der Waals surface area contributed by atoms with Gasteiger partial charge in [0.25, 0.3) is 5.56 Å². The van der Waals surface area contributed by atoms with E-state index in [0.717, 1.165) is 5.56 Å². The summed E-state index contributed by atoms with van der Waals surface area (Å²) in [6.45, 7) is 7.23. The molecule has 0 aliphatic carbocycles. The smallest absolute Gasteiger partial charge is 0.335 e. The van der Waals surface area contributed by atoms with Crippen LogP contribution in [0.4, 0.5) is 0 Å². The highest BCUT2D eigenvalue weighted by molar-refractivity contribution is 7.98. The van der Waals surface area contributed by atoms with Gasteiger partial charge in [-0.3, -0.25) is 9.59 Å². The number of H-pyrrole nitrogens is 1. The summed E-state index contributed by atoms with van der Waals surface area (Å²) in [6.07, 6.45) is 0. The molecule has 0 amide bonds. The lowest BCUT2D eigenvalue weighted by atomic mass is 10.1. The molecule has 0 bridgehead atoms. The summed E-state index contributed by atoms with van der Waals surface area (Å²) in [4.78, 5) is 43.1. The quantitative estimate of drug-likeness (QED) is 0.369. The predicted octanol–water partition coefficient (Wildman–Crippen LogP) is 4.51. The summed E-state index contributed by atoms with van der Waals surface area (Å²) in [5.74, 6) is -0.504. The minimum Gasteiger partial charge on any atom is -0.478 e. The van der Waals surface area contributed by atoms with Crippen molar-refractivity contribution in [3.8, 4) is 0 Å². The van der Waals surface area contributed by atoms with Crippen LogP contribution in [0.25, 0.3) is 10.2 Å². The monoisotopic (exact) mass is 404 g/mol. The van der Waals surface area contributed by atoms with Crippen LogP contribution in [0.15, 0.2) is 34.2 Å². The number of aromatic carboxylic acids is 1. The van der Waals surface area contributed by atoms with Crippen LogP contribution in [0, 0.1) is 6.92 Å². The fourth-order valence-corrected chi connectivity index (χ4v) is 4.37. The first kappa shape index (κ1) is 20.9. The lowest BCUT2D eigenvalue weighted by Gasteiger charge is -2.02. The number of thiophene rings is 1. The number of carboxylic acids is 1. The molecular formula is C19H20N2O4S2. The fraction of sp³-hybridized carbons (Fsp3) is 0.263. The van der Waals surface area contributed by atoms with Gasteiger partial charge in [0.15, 0.2) is 10.9 Å². The molecular weight excluding hydrogens is 384 g/mol. The van der Waals surface area contributed by atoms with E-state index >= 15 is 0 Å². The van der Waals surface area contributed by atoms with Crippen LogP contribution in [0.5, 0.6) is 0 Å². The number of aromatic amines is 1. The zero-order chi connectivity index (χ0) is 20.1. The zero-order valence-electron chi connectivity index (χ0n) is 15.5. The lowest BCUT2D eigenvalue weighted by Crippen LogP contribution is -2.09. The number of benzene rings is 1. The van der Waals surface area contributed by atoms with Gasteiger partial charge in [-0.1, -0.05) is 37.7 Å². The van der Waals surface area contributed by atoms with E-state index in [-0.39, 0.29) is 16.9 Å². The van der Waals surface area contributed by atoms with Crippen molar-refractivity contribution in [2.75, 3.05) is 0 Å². The number of hydrogen-bond acceptors (Lipinski definition) is 6. The normalized spacial score (nSPS) is 10.4. The first-order valence-corrected chi connectivity index (χ1v) is 10.2. The van der Waals surface area contributed by atoms with Gasteiger partial charge < -0.3 is 10.1 Å². The van der Waals surface area contributed by atoms with Crippen LogP contribution in [-0.2, 0) is 5.75 Å². The molecule has 0 saturated heterocycles. The van der Waals surface area contributed by atoms with Gasteiger partial charge in [-0.2, -0.15) is 0 Å². The Labute approximate surface area is 164 Å². The molecule has 1 aromatic carbocycles. The fourth-order valence-electron chi connectivity index (χ4n) is 2.42. The number of thioether (sulfide) groups is 1. The number of hydrogen-bond donors (Lipinski definition) is 2. The average Bonchev–Trinajstić information content (AvgIpc) is 2.99. The molecule has 0 aliphatic heterocycles. The molecule has 2 N–H and O–H groups in total. The number of aryl methyl sites for hydroxylation is 1. The highest BCUT2D eigenvalue weighted by Crippen LogP contribution is 2.29. The molecule has 0 saturated carbocycles. The Morgan fingerprint density at radius 2 is 1.85 bits per heavy atom. The van der Waals surface area contributed by atoms with E-state index in [1.807, 2.05) is 13.8 Å². The van der Waals surface area contributed by atoms with Crippen molar-refractivity contribution in [3.05, 3.63) is 56.2 Å². The molecule has 0 aliphatic rings. The average molecular weight is 405 g/mol. The molecule has 3 rings (SSSR count). The van der Waals surface area contributed by atoms with Crippen LogP contribution >= 0.6 is 23.1 Å². The molecule has 27 heavy (non-hydrogen) atoms. The molecule has 8 heteroatoms. The Morgan fingerprint density at radius 1 is 1.22 bits per heavy atom. The van der Waals surface area contributed by atoms with Crippen molar-refractivity contribution in [1.82, 2.24) is 9.97 Å².